The van der Waals surface area contributed by atoms with Crippen LogP contribution in [0.2, 0.25) is 0 Å². The molecule has 16 nitrogen and oxygen atoms in total. The molecule has 4 aromatic heterocycles. The summed E-state index contributed by atoms with van der Waals surface area (Å²) in [7, 11) is 3.17. The third kappa shape index (κ3) is 6.93. The van der Waals surface area contributed by atoms with Crippen molar-refractivity contribution in [2.24, 2.45) is 14.1 Å². The number of carboxylic acid groups (broad SMARTS) is 1. The van der Waals surface area contributed by atoms with Crippen molar-refractivity contribution in [3.05, 3.63) is 95.5 Å². The minimum Gasteiger partial charge on any atom is -0.477 e. The van der Waals surface area contributed by atoms with Crippen molar-refractivity contribution in [3.8, 4) is 17.2 Å². The summed E-state index contributed by atoms with van der Waals surface area (Å²) >= 11 is 0. The third-order valence-corrected chi connectivity index (χ3v) is 8.25. The zero-order chi connectivity index (χ0) is 34.5. The molecule has 2 aliphatic heterocycles. The van der Waals surface area contributed by atoms with Gasteiger partial charge in [0.1, 0.15) is 11.5 Å². The van der Waals surface area contributed by atoms with Crippen molar-refractivity contribution in [2.75, 3.05) is 32.7 Å². The van der Waals surface area contributed by atoms with Crippen LogP contribution in [0.1, 0.15) is 60.4 Å². The second-order valence-electron chi connectivity index (χ2n) is 11.5. The minimum atomic E-state index is -1.13. The smallest absolute Gasteiger partial charge is 0.354 e. The Morgan fingerprint density at radius 1 is 0.796 bits per heavy atom. The van der Waals surface area contributed by atoms with Crippen LogP contribution in [0.5, 0.6) is 0 Å². The van der Waals surface area contributed by atoms with Crippen molar-refractivity contribution < 1.29 is 24.3 Å². The molecule has 0 unspecified atom stereocenters. The quantitative estimate of drug-likeness (QED) is 0.235. The van der Waals surface area contributed by atoms with Crippen LogP contribution >= 0.6 is 0 Å². The number of carbonyl (C=O) groups is 4. The summed E-state index contributed by atoms with van der Waals surface area (Å²) in [5, 5.41) is 24.4. The first-order chi connectivity index (χ1) is 23.7. The van der Waals surface area contributed by atoms with Gasteiger partial charge >= 0.3 is 5.97 Å². The van der Waals surface area contributed by atoms with Gasteiger partial charge in [-0.15, -0.1) is 5.10 Å². The molecule has 2 N–H and O–H groups in total. The largest absolute Gasteiger partial charge is 0.477 e. The molecule has 0 radical (unpaired) electrons. The number of hydrogen-bond acceptors (Lipinski definition) is 9. The maximum absolute atomic E-state index is 13.0. The molecule has 49 heavy (non-hydrogen) atoms. The Hall–Kier alpha value is -6.19. The Bertz CT molecular complexity index is 1980. The van der Waals surface area contributed by atoms with Gasteiger partial charge in [0, 0.05) is 65.0 Å². The fourth-order valence-corrected chi connectivity index (χ4v) is 5.34. The summed E-state index contributed by atoms with van der Waals surface area (Å²) < 4.78 is 4.33. The molecule has 0 bridgehead atoms. The van der Waals surface area contributed by atoms with Crippen LogP contribution in [0.4, 0.5) is 0 Å². The lowest BCUT2D eigenvalue weighted by Gasteiger charge is -2.30. The number of pyridine rings is 1. The first-order valence-electron chi connectivity index (χ1n) is 15.8. The Balaban J connectivity index is 0.000000232. The highest BCUT2D eigenvalue weighted by Gasteiger charge is 2.29. The molecule has 252 valence electrons. The van der Waals surface area contributed by atoms with E-state index in [0.29, 0.717) is 62.2 Å². The van der Waals surface area contributed by atoms with Crippen molar-refractivity contribution >= 4 is 23.7 Å². The number of nitrogens with zero attached hydrogens (tertiary/aromatic N) is 10. The van der Waals surface area contributed by atoms with Gasteiger partial charge in [0.15, 0.2) is 17.3 Å². The second kappa shape index (κ2) is 14.3. The molecule has 6 heterocycles. The van der Waals surface area contributed by atoms with Gasteiger partial charge in [-0.05, 0) is 25.0 Å². The molecule has 0 saturated carbocycles. The Morgan fingerprint density at radius 2 is 1.39 bits per heavy atom. The van der Waals surface area contributed by atoms with E-state index < -0.39 is 5.97 Å². The van der Waals surface area contributed by atoms with Crippen LogP contribution < -0.4 is 5.32 Å². The molecule has 0 atom stereocenters. The highest BCUT2D eigenvalue weighted by molar-refractivity contribution is 6.06. The van der Waals surface area contributed by atoms with E-state index in [1.54, 1.807) is 27.7 Å². The Kier molecular flexibility index (Phi) is 9.55. The van der Waals surface area contributed by atoms with Gasteiger partial charge < -0.3 is 20.2 Å². The number of aromatic nitrogens is 8. The molecule has 2 aliphatic rings. The van der Waals surface area contributed by atoms with Gasteiger partial charge in [0.05, 0.1) is 23.5 Å². The van der Waals surface area contributed by atoms with E-state index in [-0.39, 0.29) is 34.7 Å². The molecule has 3 amide bonds. The maximum Gasteiger partial charge on any atom is 0.354 e. The third-order valence-electron chi connectivity index (χ3n) is 8.25. The molecule has 1 aromatic carbocycles. The van der Waals surface area contributed by atoms with Crippen LogP contribution in [0.3, 0.4) is 0 Å². The van der Waals surface area contributed by atoms with Crippen LogP contribution in [-0.4, -0.2) is 111 Å². The Morgan fingerprint density at radius 3 is 1.94 bits per heavy atom. The van der Waals surface area contributed by atoms with E-state index in [1.807, 2.05) is 48.5 Å². The number of likely N-dealkylation sites (tertiary alicyclic amines) is 2. The lowest BCUT2D eigenvalue weighted by molar-refractivity contribution is 0.0621. The normalized spacial score (nSPS) is 13.5. The highest BCUT2D eigenvalue weighted by Crippen LogP contribution is 2.19. The summed E-state index contributed by atoms with van der Waals surface area (Å²) in [6.07, 6.45) is 6.85. The van der Waals surface area contributed by atoms with Crippen LogP contribution in [0.25, 0.3) is 17.2 Å². The number of amides is 3. The van der Waals surface area contributed by atoms with Crippen molar-refractivity contribution in [2.45, 2.75) is 19.3 Å². The van der Waals surface area contributed by atoms with Gasteiger partial charge in [-0.25, -0.2) is 14.8 Å². The molecule has 16 heteroatoms. The molecule has 5 aromatic rings. The van der Waals surface area contributed by atoms with E-state index in [2.05, 4.69) is 25.6 Å². The van der Waals surface area contributed by atoms with Gasteiger partial charge in [-0.1, -0.05) is 36.4 Å². The van der Waals surface area contributed by atoms with Gasteiger partial charge in [0.25, 0.3) is 17.7 Å². The Labute approximate surface area is 281 Å². The second-order valence-corrected chi connectivity index (χ2v) is 11.5. The summed E-state index contributed by atoms with van der Waals surface area (Å²) in [6, 6.07) is 15.3. The molecule has 0 aliphatic carbocycles. The number of rotatable bonds is 9. The number of aromatic carboxylic acids is 1. The van der Waals surface area contributed by atoms with Crippen molar-refractivity contribution in [1.29, 1.82) is 0 Å². The predicted octanol–water partition coefficient (Wildman–Crippen LogP) is 1.85. The van der Waals surface area contributed by atoms with E-state index >= 15 is 0 Å². The lowest BCUT2D eigenvalue weighted by Crippen LogP contribution is -2.43. The summed E-state index contributed by atoms with van der Waals surface area (Å²) in [4.78, 5) is 60.7. The first-order valence-corrected chi connectivity index (χ1v) is 15.8. The lowest BCUT2D eigenvalue weighted by atomic mass is 10.1. The van der Waals surface area contributed by atoms with E-state index in [9.17, 15) is 19.2 Å². The predicted molar refractivity (Wildman–Crippen MR) is 175 cm³/mol. The number of benzene rings is 1. The SMILES string of the molecule is Cn1ncc(C(=O)N2CCC2)c1C(=O)NCCc1nc(-c2ccccc2)nn1-c1ccccn1.Cn1ncc(C(=O)N2CCC2)c1C(=O)O. The molecule has 0 spiro atoms. The minimum absolute atomic E-state index is 0.0492. The molecule has 2 saturated heterocycles. The fraction of sp³-hybridized carbons (Fsp3) is 0.303. The molecular weight excluding hydrogens is 630 g/mol. The summed E-state index contributed by atoms with van der Waals surface area (Å²) in [5.74, 6) is 0.0162. The number of carbonyl (C=O) groups excluding carboxylic acids is 3. The van der Waals surface area contributed by atoms with E-state index in [1.165, 1.54) is 28.8 Å². The van der Waals surface area contributed by atoms with Gasteiger partial charge in [0.2, 0.25) is 0 Å². The van der Waals surface area contributed by atoms with Crippen LogP contribution in [0.15, 0.2) is 67.1 Å². The average Bonchev–Trinajstić information content (AvgIpc) is 3.77. The summed E-state index contributed by atoms with van der Waals surface area (Å²) in [6.45, 7) is 3.13. The molecule has 2 fully saturated rings. The van der Waals surface area contributed by atoms with Gasteiger partial charge in [-0.3, -0.25) is 23.7 Å². The van der Waals surface area contributed by atoms with Crippen molar-refractivity contribution in [3.63, 3.8) is 0 Å². The molecular formula is C33H35N11O5. The van der Waals surface area contributed by atoms with Crippen molar-refractivity contribution in [1.82, 2.24) is 54.4 Å². The monoisotopic (exact) mass is 665 g/mol. The van der Waals surface area contributed by atoms with E-state index in [4.69, 9.17) is 10.1 Å². The fourth-order valence-electron chi connectivity index (χ4n) is 5.34. The number of hydrogen-bond donors (Lipinski definition) is 2. The maximum atomic E-state index is 13.0. The zero-order valence-electron chi connectivity index (χ0n) is 27.1. The number of nitrogens with one attached hydrogen (secondary N) is 1. The molecule has 7 rings (SSSR count). The first kappa shape index (κ1) is 32.7. The topological polar surface area (TPSA) is 186 Å². The number of aryl methyl sites for hydroxylation is 2. The highest BCUT2D eigenvalue weighted by atomic mass is 16.4. The number of carboxylic acids is 1. The van der Waals surface area contributed by atoms with Crippen LogP contribution in [0, 0.1) is 0 Å². The van der Waals surface area contributed by atoms with Gasteiger partial charge in [-0.2, -0.15) is 14.9 Å². The zero-order valence-corrected chi connectivity index (χ0v) is 27.1. The standard InChI is InChI=1S/C24H24N8O2.C9H11N3O3/c1-30-21(18(16-27-30)24(34)31-14-7-15-31)23(33)26-13-11-20-28-22(17-8-3-2-4-9-17)29-32(20)19-10-5-6-12-25-19;1-11-7(9(14)15)6(5-10-11)8(13)12-3-2-4-12/h2-6,8-10,12,16H,7,11,13-15H2,1H3,(H,26,33);5H,2-4H2,1H3,(H,14,15). The average molecular weight is 666 g/mol. The van der Waals surface area contributed by atoms with Crippen LogP contribution in [-0.2, 0) is 20.5 Å². The summed E-state index contributed by atoms with van der Waals surface area (Å²) in [5.41, 5.74) is 1.60. The van der Waals surface area contributed by atoms with E-state index in [0.717, 1.165) is 18.4 Å².